The van der Waals surface area contributed by atoms with Gasteiger partial charge >= 0.3 is 6.18 Å². The number of halogens is 4. The number of alkyl halides is 3. The third kappa shape index (κ3) is 3.28. The molecule has 2 aromatic rings. The van der Waals surface area contributed by atoms with Gasteiger partial charge in [0, 0.05) is 11.2 Å². The van der Waals surface area contributed by atoms with Crippen LogP contribution >= 0.6 is 11.6 Å². The third-order valence-corrected chi connectivity index (χ3v) is 2.57. The molecule has 0 bridgehead atoms. The van der Waals surface area contributed by atoms with E-state index in [9.17, 15) is 13.2 Å². The van der Waals surface area contributed by atoms with E-state index in [4.69, 9.17) is 17.4 Å². The normalized spacial score (nSPS) is 11.2. The van der Waals surface area contributed by atoms with Gasteiger partial charge in [0.25, 0.3) is 0 Å². The predicted octanol–water partition coefficient (Wildman–Crippen LogP) is 3.18. The quantitative estimate of drug-likeness (QED) is 0.600. The molecule has 0 amide bonds. The van der Waals surface area contributed by atoms with Crippen LogP contribution in [0.15, 0.2) is 30.5 Å². The van der Waals surface area contributed by atoms with Gasteiger partial charge in [0.2, 0.25) is 5.95 Å². The summed E-state index contributed by atoms with van der Waals surface area (Å²) in [5.74, 6) is 5.38. The zero-order chi connectivity index (χ0) is 14.8. The standard InChI is InChI=1S/C11H9ClF3N5/c12-6-1-2-8(7(5-6)11(13,14)15)18-9-3-4-17-10(19-9)20-16/h1-5H,16H2,(H2,17,18,19,20). The summed E-state index contributed by atoms with van der Waals surface area (Å²) in [6, 6.07) is 4.83. The minimum absolute atomic E-state index is 0.00474. The van der Waals surface area contributed by atoms with Crippen LogP contribution in [0.2, 0.25) is 5.02 Å². The number of nitrogens with zero attached hydrogens (tertiary/aromatic N) is 2. The van der Waals surface area contributed by atoms with Gasteiger partial charge in [-0.1, -0.05) is 11.6 Å². The van der Waals surface area contributed by atoms with E-state index in [0.717, 1.165) is 6.07 Å². The largest absolute Gasteiger partial charge is 0.418 e. The molecular formula is C11H9ClF3N5. The first-order chi connectivity index (χ1) is 9.40. The predicted molar refractivity (Wildman–Crippen MR) is 69.6 cm³/mol. The van der Waals surface area contributed by atoms with Crippen LogP contribution in [-0.2, 0) is 6.18 Å². The first kappa shape index (κ1) is 14.4. The van der Waals surface area contributed by atoms with Crippen molar-refractivity contribution in [1.82, 2.24) is 9.97 Å². The molecule has 106 valence electrons. The van der Waals surface area contributed by atoms with E-state index < -0.39 is 11.7 Å². The number of nitrogen functional groups attached to an aromatic ring is 1. The molecule has 1 heterocycles. The van der Waals surface area contributed by atoms with Gasteiger partial charge in [-0.05, 0) is 24.3 Å². The topological polar surface area (TPSA) is 75.9 Å². The second-order valence-corrected chi connectivity index (χ2v) is 4.16. The number of anilines is 3. The van der Waals surface area contributed by atoms with Crippen molar-refractivity contribution in [1.29, 1.82) is 0 Å². The highest BCUT2D eigenvalue weighted by molar-refractivity contribution is 6.30. The monoisotopic (exact) mass is 303 g/mol. The van der Waals surface area contributed by atoms with Gasteiger partial charge in [-0.15, -0.1) is 0 Å². The van der Waals surface area contributed by atoms with Gasteiger partial charge in [-0.2, -0.15) is 18.2 Å². The van der Waals surface area contributed by atoms with E-state index in [1.54, 1.807) is 0 Å². The van der Waals surface area contributed by atoms with Crippen LogP contribution in [0, 0.1) is 0 Å². The van der Waals surface area contributed by atoms with Crippen LogP contribution in [-0.4, -0.2) is 9.97 Å². The summed E-state index contributed by atoms with van der Waals surface area (Å²) in [4.78, 5) is 7.63. The van der Waals surface area contributed by atoms with Crippen molar-refractivity contribution < 1.29 is 13.2 Å². The SMILES string of the molecule is NNc1nccc(Nc2ccc(Cl)cc2C(F)(F)F)n1. The summed E-state index contributed by atoms with van der Waals surface area (Å²) in [5, 5.41) is 2.55. The number of nitrogens with two attached hydrogens (primary N) is 1. The molecule has 1 aromatic carbocycles. The molecule has 0 saturated heterocycles. The Morgan fingerprint density at radius 1 is 1.20 bits per heavy atom. The van der Waals surface area contributed by atoms with Crippen LogP contribution in [0.4, 0.5) is 30.6 Å². The van der Waals surface area contributed by atoms with Gasteiger partial charge in [0.15, 0.2) is 0 Å². The number of hydrogen-bond donors (Lipinski definition) is 3. The van der Waals surface area contributed by atoms with Crippen molar-refractivity contribution >= 4 is 29.1 Å². The van der Waals surface area contributed by atoms with Crippen LogP contribution in [0.25, 0.3) is 0 Å². The van der Waals surface area contributed by atoms with Crippen molar-refractivity contribution in [3.8, 4) is 0 Å². The highest BCUT2D eigenvalue weighted by Crippen LogP contribution is 2.37. The summed E-state index contributed by atoms with van der Waals surface area (Å²) in [6.07, 6.45) is -3.18. The van der Waals surface area contributed by atoms with Crippen molar-refractivity contribution in [3.05, 3.63) is 41.0 Å². The second kappa shape index (κ2) is 5.51. The molecule has 0 fully saturated rings. The molecule has 0 atom stereocenters. The van der Waals surface area contributed by atoms with Crippen molar-refractivity contribution in [2.45, 2.75) is 6.18 Å². The number of nitrogens with one attached hydrogen (secondary N) is 2. The lowest BCUT2D eigenvalue weighted by molar-refractivity contribution is -0.136. The lowest BCUT2D eigenvalue weighted by Crippen LogP contribution is -2.12. The molecule has 5 nitrogen and oxygen atoms in total. The minimum Gasteiger partial charge on any atom is -0.340 e. The number of aromatic nitrogens is 2. The Morgan fingerprint density at radius 2 is 1.95 bits per heavy atom. The van der Waals surface area contributed by atoms with Crippen molar-refractivity contribution in [2.24, 2.45) is 5.84 Å². The highest BCUT2D eigenvalue weighted by atomic mass is 35.5. The molecule has 20 heavy (non-hydrogen) atoms. The van der Waals surface area contributed by atoms with Gasteiger partial charge < -0.3 is 5.32 Å². The summed E-state index contributed by atoms with van der Waals surface area (Å²) in [5.41, 5.74) is 1.15. The first-order valence-electron chi connectivity index (χ1n) is 5.33. The average molecular weight is 304 g/mol. The Kier molecular flexibility index (Phi) is 3.96. The van der Waals surface area contributed by atoms with Crippen LogP contribution in [0.5, 0.6) is 0 Å². The van der Waals surface area contributed by atoms with Crippen molar-refractivity contribution in [2.75, 3.05) is 10.7 Å². The second-order valence-electron chi connectivity index (χ2n) is 3.72. The molecule has 4 N–H and O–H groups in total. The fourth-order valence-corrected chi connectivity index (χ4v) is 1.67. The van der Waals surface area contributed by atoms with Crippen molar-refractivity contribution in [3.63, 3.8) is 0 Å². The van der Waals surface area contributed by atoms with E-state index in [1.165, 1.54) is 24.4 Å². The van der Waals surface area contributed by atoms with E-state index in [1.807, 2.05) is 0 Å². The Hall–Kier alpha value is -2.06. The maximum Gasteiger partial charge on any atom is 0.418 e. The van der Waals surface area contributed by atoms with Gasteiger partial charge in [-0.3, -0.25) is 5.43 Å². The number of rotatable bonds is 3. The van der Waals surface area contributed by atoms with Gasteiger partial charge in [-0.25, -0.2) is 10.8 Å². The molecule has 0 aliphatic rings. The zero-order valence-corrected chi connectivity index (χ0v) is 10.6. The molecule has 0 aliphatic heterocycles. The molecule has 0 radical (unpaired) electrons. The van der Waals surface area contributed by atoms with Crippen LogP contribution in [0.3, 0.4) is 0 Å². The minimum atomic E-state index is -4.53. The van der Waals surface area contributed by atoms with E-state index in [-0.39, 0.29) is 22.5 Å². The fraction of sp³-hybridized carbons (Fsp3) is 0.0909. The number of hydrazine groups is 1. The van der Waals surface area contributed by atoms with Crippen LogP contribution in [0.1, 0.15) is 5.56 Å². The molecule has 0 spiro atoms. The smallest absolute Gasteiger partial charge is 0.340 e. The van der Waals surface area contributed by atoms with Gasteiger partial charge in [0.05, 0.1) is 11.3 Å². The Labute approximate surface area is 117 Å². The maximum absolute atomic E-state index is 12.9. The molecule has 9 heteroatoms. The molecule has 1 aromatic heterocycles. The lowest BCUT2D eigenvalue weighted by Gasteiger charge is -2.14. The van der Waals surface area contributed by atoms with E-state index >= 15 is 0 Å². The maximum atomic E-state index is 12.9. The molecule has 0 unspecified atom stereocenters. The highest BCUT2D eigenvalue weighted by Gasteiger charge is 2.33. The lowest BCUT2D eigenvalue weighted by atomic mass is 10.1. The zero-order valence-electron chi connectivity index (χ0n) is 9.87. The molecule has 0 saturated carbocycles. The Bertz CT molecular complexity index is 617. The molecular weight excluding hydrogens is 295 g/mol. The Morgan fingerprint density at radius 3 is 2.60 bits per heavy atom. The molecule has 2 rings (SSSR count). The summed E-state index contributed by atoms with van der Waals surface area (Å²) in [6.45, 7) is 0. The average Bonchev–Trinajstić information content (AvgIpc) is 2.40. The Balaban J connectivity index is 2.38. The number of hydrogen-bond acceptors (Lipinski definition) is 5. The number of benzene rings is 1. The van der Waals surface area contributed by atoms with E-state index in [0.29, 0.717) is 0 Å². The summed E-state index contributed by atoms with van der Waals surface area (Å²) >= 11 is 5.59. The van der Waals surface area contributed by atoms with Gasteiger partial charge in [0.1, 0.15) is 5.82 Å². The van der Waals surface area contributed by atoms with Crippen LogP contribution < -0.4 is 16.6 Å². The fourth-order valence-electron chi connectivity index (χ4n) is 1.50. The third-order valence-electron chi connectivity index (χ3n) is 2.33. The first-order valence-corrected chi connectivity index (χ1v) is 5.71. The molecule has 0 aliphatic carbocycles. The van der Waals surface area contributed by atoms with E-state index in [2.05, 4.69) is 20.7 Å². The summed E-state index contributed by atoms with van der Waals surface area (Å²) in [7, 11) is 0. The summed E-state index contributed by atoms with van der Waals surface area (Å²) < 4.78 is 38.7.